The number of hydrogen-bond acceptors (Lipinski definition) is 7. The van der Waals surface area contributed by atoms with Gasteiger partial charge in [0.15, 0.2) is 0 Å². The van der Waals surface area contributed by atoms with E-state index >= 15 is 0 Å². The predicted molar refractivity (Wildman–Crippen MR) is 94.2 cm³/mol. The molecule has 0 unspecified atom stereocenters. The second kappa shape index (κ2) is 8.24. The van der Waals surface area contributed by atoms with Crippen molar-refractivity contribution in [1.82, 2.24) is 9.97 Å². The molecule has 0 radical (unpaired) electrons. The van der Waals surface area contributed by atoms with Gasteiger partial charge in [-0.3, -0.25) is 15.4 Å². The summed E-state index contributed by atoms with van der Waals surface area (Å²) in [5, 5.41) is 13.1. The molecule has 2 aromatic heterocycles. The van der Waals surface area contributed by atoms with Gasteiger partial charge in [0.05, 0.1) is 11.5 Å². The number of nitro groups is 1. The zero-order chi connectivity index (χ0) is 19.2. The van der Waals surface area contributed by atoms with Crippen molar-refractivity contribution >= 4 is 17.6 Å². The Labute approximate surface area is 150 Å². The maximum atomic E-state index is 11.8. The van der Waals surface area contributed by atoms with Crippen molar-refractivity contribution in [3.05, 3.63) is 52.3 Å². The van der Waals surface area contributed by atoms with Crippen LogP contribution in [0.1, 0.15) is 26.5 Å². The van der Waals surface area contributed by atoms with Crippen molar-refractivity contribution in [3.8, 4) is 5.88 Å². The van der Waals surface area contributed by atoms with Crippen molar-refractivity contribution in [3.63, 3.8) is 0 Å². The number of ether oxygens (including phenoxy) is 2. The number of nitrogens with one attached hydrogen (secondary N) is 1. The van der Waals surface area contributed by atoms with E-state index in [4.69, 9.17) is 9.47 Å². The summed E-state index contributed by atoms with van der Waals surface area (Å²) in [7, 11) is 0. The van der Waals surface area contributed by atoms with Gasteiger partial charge in [-0.05, 0) is 32.9 Å². The topological polar surface area (TPSA) is 116 Å². The molecule has 0 aliphatic rings. The van der Waals surface area contributed by atoms with Crippen LogP contribution < -0.4 is 10.1 Å². The quantitative estimate of drug-likeness (QED) is 0.620. The first-order valence-corrected chi connectivity index (χ1v) is 7.92. The van der Waals surface area contributed by atoms with Crippen LogP contribution in [-0.4, -0.2) is 33.2 Å². The van der Waals surface area contributed by atoms with Crippen LogP contribution in [0.4, 0.5) is 16.3 Å². The Hall–Kier alpha value is -3.23. The number of hydrogen-bond donors (Lipinski definition) is 1. The average Bonchev–Trinajstić information content (AvgIpc) is 2.54. The van der Waals surface area contributed by atoms with E-state index in [0.717, 1.165) is 6.20 Å². The highest BCUT2D eigenvalue weighted by atomic mass is 16.6. The summed E-state index contributed by atoms with van der Waals surface area (Å²) < 4.78 is 10.6. The summed E-state index contributed by atoms with van der Waals surface area (Å²) in [6.45, 7) is 5.62. The van der Waals surface area contributed by atoms with Crippen molar-refractivity contribution in [2.45, 2.75) is 32.8 Å². The highest BCUT2D eigenvalue weighted by Crippen LogP contribution is 2.14. The lowest BCUT2D eigenvalue weighted by molar-refractivity contribution is -0.385. The summed E-state index contributed by atoms with van der Waals surface area (Å²) in [6.07, 6.45) is 1.04. The molecular weight excluding hydrogens is 340 g/mol. The fourth-order valence-electron chi connectivity index (χ4n) is 1.92. The van der Waals surface area contributed by atoms with Crippen LogP contribution in [0, 0.1) is 10.1 Å². The van der Waals surface area contributed by atoms with Gasteiger partial charge in [-0.15, -0.1) is 0 Å². The maximum absolute atomic E-state index is 11.8. The molecule has 0 saturated carbocycles. The Kier molecular flexibility index (Phi) is 6.05. The number of aromatic nitrogens is 2. The number of amides is 1. The SMILES string of the molecule is CC(C)(C)OC(=O)Nc1cccc(CCOc2ccc([N+](=O)[O-])cn2)n1. The third-order valence-electron chi connectivity index (χ3n) is 2.98. The highest BCUT2D eigenvalue weighted by molar-refractivity contribution is 5.83. The van der Waals surface area contributed by atoms with Crippen LogP contribution in [0.5, 0.6) is 5.88 Å². The van der Waals surface area contributed by atoms with Gasteiger partial charge in [-0.2, -0.15) is 0 Å². The van der Waals surface area contributed by atoms with Crippen LogP contribution in [-0.2, 0) is 11.2 Å². The van der Waals surface area contributed by atoms with Crippen LogP contribution in [0.15, 0.2) is 36.5 Å². The van der Waals surface area contributed by atoms with E-state index in [1.54, 1.807) is 39.0 Å². The zero-order valence-corrected chi connectivity index (χ0v) is 14.8. The number of carbonyl (C=O) groups excluding carboxylic acids is 1. The lowest BCUT2D eigenvalue weighted by Gasteiger charge is -2.19. The van der Waals surface area contributed by atoms with E-state index in [0.29, 0.717) is 23.8 Å². The van der Waals surface area contributed by atoms with Gasteiger partial charge in [0, 0.05) is 24.2 Å². The first-order valence-electron chi connectivity index (χ1n) is 7.92. The Morgan fingerprint density at radius 3 is 2.65 bits per heavy atom. The lowest BCUT2D eigenvalue weighted by Crippen LogP contribution is -2.27. The molecule has 9 heteroatoms. The first kappa shape index (κ1) is 19.1. The Bertz CT molecular complexity index is 771. The Morgan fingerprint density at radius 2 is 2.04 bits per heavy atom. The highest BCUT2D eigenvalue weighted by Gasteiger charge is 2.16. The summed E-state index contributed by atoms with van der Waals surface area (Å²) in [5.74, 6) is 0.670. The Balaban J connectivity index is 1.86. The smallest absolute Gasteiger partial charge is 0.413 e. The fraction of sp³-hybridized carbons (Fsp3) is 0.353. The molecule has 0 aromatic carbocycles. The van der Waals surface area contributed by atoms with E-state index in [9.17, 15) is 14.9 Å². The molecule has 1 N–H and O–H groups in total. The summed E-state index contributed by atoms with van der Waals surface area (Å²) >= 11 is 0. The molecule has 1 amide bonds. The molecule has 9 nitrogen and oxygen atoms in total. The number of anilines is 1. The molecule has 0 spiro atoms. The summed E-state index contributed by atoms with van der Waals surface area (Å²) in [5.41, 5.74) is 0.0215. The molecule has 2 heterocycles. The second-order valence-corrected chi connectivity index (χ2v) is 6.35. The minimum atomic E-state index is -0.590. The van der Waals surface area contributed by atoms with Crippen molar-refractivity contribution in [2.24, 2.45) is 0 Å². The van der Waals surface area contributed by atoms with Crippen LogP contribution in [0.3, 0.4) is 0 Å². The number of nitrogens with zero attached hydrogens (tertiary/aromatic N) is 3. The van der Waals surface area contributed by atoms with E-state index in [-0.39, 0.29) is 12.3 Å². The Morgan fingerprint density at radius 1 is 1.27 bits per heavy atom. The van der Waals surface area contributed by atoms with Gasteiger partial charge in [0.25, 0.3) is 5.69 Å². The molecule has 0 aliphatic heterocycles. The van der Waals surface area contributed by atoms with Crippen molar-refractivity contribution < 1.29 is 19.2 Å². The molecule has 138 valence electrons. The minimum Gasteiger partial charge on any atom is -0.477 e. The molecule has 2 aromatic rings. The number of pyridine rings is 2. The standard InChI is InChI=1S/C17H20N4O5/c1-17(2,3)26-16(22)20-14-6-4-5-12(19-14)9-10-25-15-8-7-13(11-18-15)21(23)24/h4-8,11H,9-10H2,1-3H3,(H,19,20,22). The van der Waals surface area contributed by atoms with Crippen LogP contribution >= 0.6 is 0 Å². The molecule has 0 fully saturated rings. The monoisotopic (exact) mass is 360 g/mol. The van der Waals surface area contributed by atoms with E-state index in [2.05, 4.69) is 15.3 Å². The average molecular weight is 360 g/mol. The van der Waals surface area contributed by atoms with Gasteiger partial charge >= 0.3 is 6.09 Å². The molecule has 0 bridgehead atoms. The molecule has 2 rings (SSSR count). The molecule has 26 heavy (non-hydrogen) atoms. The van der Waals surface area contributed by atoms with Gasteiger partial charge in [-0.1, -0.05) is 6.07 Å². The van der Waals surface area contributed by atoms with Gasteiger partial charge < -0.3 is 9.47 Å². The maximum Gasteiger partial charge on any atom is 0.413 e. The largest absolute Gasteiger partial charge is 0.477 e. The minimum absolute atomic E-state index is 0.0973. The zero-order valence-electron chi connectivity index (χ0n) is 14.8. The fourth-order valence-corrected chi connectivity index (χ4v) is 1.92. The number of carbonyl (C=O) groups is 1. The summed E-state index contributed by atoms with van der Waals surface area (Å²) in [6, 6.07) is 7.98. The molecule has 0 atom stereocenters. The van der Waals surface area contributed by atoms with Crippen molar-refractivity contribution in [2.75, 3.05) is 11.9 Å². The van der Waals surface area contributed by atoms with E-state index in [1.165, 1.54) is 12.1 Å². The molecule has 0 aliphatic carbocycles. The third kappa shape index (κ3) is 6.34. The summed E-state index contributed by atoms with van der Waals surface area (Å²) in [4.78, 5) is 30.0. The van der Waals surface area contributed by atoms with Crippen LogP contribution in [0.2, 0.25) is 0 Å². The molecule has 0 saturated heterocycles. The van der Waals surface area contributed by atoms with Crippen molar-refractivity contribution in [1.29, 1.82) is 0 Å². The van der Waals surface area contributed by atoms with E-state index in [1.807, 2.05) is 0 Å². The van der Waals surface area contributed by atoms with Gasteiger partial charge in [0.1, 0.15) is 17.6 Å². The van der Waals surface area contributed by atoms with Crippen LogP contribution in [0.25, 0.3) is 0 Å². The predicted octanol–water partition coefficient (Wildman–Crippen LogP) is 3.35. The normalized spacial score (nSPS) is 10.9. The first-order chi connectivity index (χ1) is 12.2. The number of rotatable bonds is 6. The second-order valence-electron chi connectivity index (χ2n) is 6.35. The van der Waals surface area contributed by atoms with E-state index < -0.39 is 16.6 Å². The van der Waals surface area contributed by atoms with Gasteiger partial charge in [0.2, 0.25) is 5.88 Å². The van der Waals surface area contributed by atoms with Gasteiger partial charge in [-0.25, -0.2) is 14.8 Å². The third-order valence-corrected chi connectivity index (χ3v) is 2.98. The molecular formula is C17H20N4O5. The lowest BCUT2D eigenvalue weighted by atomic mass is 10.2.